The van der Waals surface area contributed by atoms with E-state index in [-0.39, 0.29) is 0 Å². The minimum atomic E-state index is 0.344. The quantitative estimate of drug-likeness (QED) is 0.810. The van der Waals surface area contributed by atoms with E-state index in [0.717, 1.165) is 18.8 Å². The summed E-state index contributed by atoms with van der Waals surface area (Å²) < 4.78 is 1.93. The molecule has 2 atom stereocenters. The van der Waals surface area contributed by atoms with E-state index < -0.39 is 0 Å². The molecule has 4 nitrogen and oxygen atoms in total. The number of aryl methyl sites for hydroxylation is 2. The number of nitrogens with zero attached hydrogens (tertiary/aromatic N) is 2. The first kappa shape index (κ1) is 12.6. The predicted molar refractivity (Wildman–Crippen MR) is 67.6 cm³/mol. The number of nitrogens with one attached hydrogen (secondary N) is 1. The Morgan fingerprint density at radius 2 is 2.24 bits per heavy atom. The van der Waals surface area contributed by atoms with Crippen molar-refractivity contribution in [3.8, 4) is 0 Å². The molecule has 1 aliphatic carbocycles. The molecule has 96 valence electrons. The number of aromatic nitrogens is 2. The Bertz CT molecular complexity index is 362. The third-order valence-electron chi connectivity index (χ3n) is 3.86. The fraction of sp³-hybridized carbons (Fsp3) is 0.769. The summed E-state index contributed by atoms with van der Waals surface area (Å²) in [6.45, 7) is 4.24. The monoisotopic (exact) mass is 237 g/mol. The van der Waals surface area contributed by atoms with Crippen LogP contribution in [0, 0.1) is 18.8 Å². The van der Waals surface area contributed by atoms with Gasteiger partial charge in [-0.1, -0.05) is 6.42 Å². The van der Waals surface area contributed by atoms with Crippen molar-refractivity contribution in [1.82, 2.24) is 15.1 Å². The second-order valence-electron chi connectivity index (χ2n) is 5.17. The topological polar surface area (TPSA) is 50.1 Å². The highest BCUT2D eigenvalue weighted by molar-refractivity contribution is 5.08. The molecule has 2 N–H and O–H groups in total. The van der Waals surface area contributed by atoms with E-state index in [1.165, 1.54) is 25.0 Å². The highest BCUT2D eigenvalue weighted by Crippen LogP contribution is 2.30. The van der Waals surface area contributed by atoms with Gasteiger partial charge in [-0.15, -0.1) is 0 Å². The molecule has 0 aromatic carbocycles. The molecule has 2 unspecified atom stereocenters. The third-order valence-corrected chi connectivity index (χ3v) is 3.86. The molecule has 4 heteroatoms. The maximum Gasteiger partial charge on any atom is 0.0597 e. The molecular weight excluding hydrogens is 214 g/mol. The van der Waals surface area contributed by atoms with Gasteiger partial charge in [0.25, 0.3) is 0 Å². The van der Waals surface area contributed by atoms with Crippen molar-refractivity contribution in [3.63, 3.8) is 0 Å². The van der Waals surface area contributed by atoms with Crippen LogP contribution in [0.5, 0.6) is 0 Å². The third kappa shape index (κ3) is 3.07. The Hall–Kier alpha value is -0.870. The van der Waals surface area contributed by atoms with Crippen molar-refractivity contribution in [1.29, 1.82) is 0 Å². The Labute approximate surface area is 103 Å². The van der Waals surface area contributed by atoms with E-state index in [1.54, 1.807) is 0 Å². The minimum absolute atomic E-state index is 0.344. The molecule has 0 bridgehead atoms. The number of hydrogen-bond acceptors (Lipinski definition) is 3. The fourth-order valence-electron chi connectivity index (χ4n) is 2.84. The molecule has 0 amide bonds. The molecule has 1 aromatic rings. The van der Waals surface area contributed by atoms with Gasteiger partial charge in [-0.25, -0.2) is 0 Å². The van der Waals surface area contributed by atoms with Crippen molar-refractivity contribution in [2.45, 2.75) is 32.7 Å². The summed E-state index contributed by atoms with van der Waals surface area (Å²) in [6, 6.07) is 2.12. The molecular formula is C13H23N3O. The van der Waals surface area contributed by atoms with Crippen LogP contribution in [-0.2, 0) is 13.6 Å². The molecule has 1 aromatic heterocycles. The number of aliphatic hydroxyl groups is 1. The summed E-state index contributed by atoms with van der Waals surface area (Å²) in [5.74, 6) is 1.16. The van der Waals surface area contributed by atoms with E-state index >= 15 is 0 Å². The number of rotatable bonds is 5. The van der Waals surface area contributed by atoms with Gasteiger partial charge in [0.15, 0.2) is 0 Å². The number of aliphatic hydroxyl groups excluding tert-OH is 1. The average Bonchev–Trinajstić information content (AvgIpc) is 2.86. The molecule has 2 rings (SSSR count). The molecule has 1 aliphatic rings. The van der Waals surface area contributed by atoms with E-state index in [1.807, 2.05) is 18.7 Å². The van der Waals surface area contributed by atoms with Crippen molar-refractivity contribution in [2.75, 3.05) is 13.2 Å². The lowest BCUT2D eigenvalue weighted by Gasteiger charge is -2.17. The standard InChI is InChI=1S/C13H23N3O/c1-10-6-13(16(2)15-10)8-14-7-11-4-3-5-12(11)9-17/h6,11-12,14,17H,3-5,7-9H2,1-2H3. The molecule has 1 saturated carbocycles. The SMILES string of the molecule is Cc1cc(CNCC2CCCC2CO)n(C)n1. The highest BCUT2D eigenvalue weighted by atomic mass is 16.3. The zero-order valence-corrected chi connectivity index (χ0v) is 10.8. The van der Waals surface area contributed by atoms with E-state index in [9.17, 15) is 5.11 Å². The van der Waals surface area contributed by atoms with Gasteiger partial charge in [0.2, 0.25) is 0 Å². The Kier molecular flexibility index (Phi) is 4.18. The lowest BCUT2D eigenvalue weighted by atomic mass is 9.97. The van der Waals surface area contributed by atoms with E-state index in [2.05, 4.69) is 16.5 Å². The van der Waals surface area contributed by atoms with Gasteiger partial charge < -0.3 is 10.4 Å². The van der Waals surface area contributed by atoms with Crippen LogP contribution in [-0.4, -0.2) is 28.0 Å². The first-order valence-corrected chi connectivity index (χ1v) is 6.51. The molecule has 1 heterocycles. The van der Waals surface area contributed by atoms with Gasteiger partial charge >= 0.3 is 0 Å². The summed E-state index contributed by atoms with van der Waals surface area (Å²) in [6.07, 6.45) is 3.71. The summed E-state index contributed by atoms with van der Waals surface area (Å²) in [5.41, 5.74) is 2.29. The molecule has 0 spiro atoms. The van der Waals surface area contributed by atoms with Gasteiger partial charge in [-0.05, 0) is 44.2 Å². The van der Waals surface area contributed by atoms with Crippen LogP contribution in [0.15, 0.2) is 6.07 Å². The zero-order chi connectivity index (χ0) is 12.3. The second kappa shape index (κ2) is 5.65. The summed E-state index contributed by atoms with van der Waals surface area (Å²) in [7, 11) is 1.98. The van der Waals surface area contributed by atoms with Gasteiger partial charge in [0, 0.05) is 20.2 Å². The second-order valence-corrected chi connectivity index (χ2v) is 5.17. The molecule has 0 saturated heterocycles. The lowest BCUT2D eigenvalue weighted by molar-refractivity contribution is 0.192. The van der Waals surface area contributed by atoms with Gasteiger partial charge in [0.1, 0.15) is 0 Å². The van der Waals surface area contributed by atoms with Crippen molar-refractivity contribution >= 4 is 0 Å². The van der Waals surface area contributed by atoms with E-state index in [0.29, 0.717) is 18.4 Å². The maximum atomic E-state index is 9.26. The summed E-state index contributed by atoms with van der Waals surface area (Å²) in [5, 5.41) is 17.1. The van der Waals surface area contributed by atoms with Crippen molar-refractivity contribution in [2.24, 2.45) is 18.9 Å². The maximum absolute atomic E-state index is 9.26. The van der Waals surface area contributed by atoms with Crippen LogP contribution in [0.25, 0.3) is 0 Å². The first-order chi connectivity index (χ1) is 8.20. The summed E-state index contributed by atoms with van der Waals surface area (Å²) >= 11 is 0. The van der Waals surface area contributed by atoms with Crippen LogP contribution in [0.2, 0.25) is 0 Å². The van der Waals surface area contributed by atoms with Crippen LogP contribution < -0.4 is 5.32 Å². The molecule has 0 radical (unpaired) electrons. The molecule has 17 heavy (non-hydrogen) atoms. The highest BCUT2D eigenvalue weighted by Gasteiger charge is 2.25. The average molecular weight is 237 g/mol. The summed E-state index contributed by atoms with van der Waals surface area (Å²) in [4.78, 5) is 0. The van der Waals surface area contributed by atoms with Gasteiger partial charge in [-0.2, -0.15) is 5.10 Å². The lowest BCUT2D eigenvalue weighted by Crippen LogP contribution is -2.27. The van der Waals surface area contributed by atoms with Crippen LogP contribution in [0.4, 0.5) is 0 Å². The smallest absolute Gasteiger partial charge is 0.0597 e. The Balaban J connectivity index is 1.77. The van der Waals surface area contributed by atoms with Gasteiger partial charge in [0.05, 0.1) is 11.4 Å². The van der Waals surface area contributed by atoms with Crippen LogP contribution in [0.1, 0.15) is 30.7 Å². The minimum Gasteiger partial charge on any atom is -0.396 e. The van der Waals surface area contributed by atoms with Crippen LogP contribution >= 0.6 is 0 Å². The van der Waals surface area contributed by atoms with Crippen molar-refractivity contribution in [3.05, 3.63) is 17.5 Å². The largest absolute Gasteiger partial charge is 0.396 e. The normalized spacial score (nSPS) is 24.4. The Morgan fingerprint density at radius 1 is 1.47 bits per heavy atom. The van der Waals surface area contributed by atoms with Gasteiger partial charge in [-0.3, -0.25) is 4.68 Å². The predicted octanol–water partition coefficient (Wildman–Crippen LogP) is 1.23. The fourth-order valence-corrected chi connectivity index (χ4v) is 2.84. The van der Waals surface area contributed by atoms with E-state index in [4.69, 9.17) is 0 Å². The molecule has 1 fully saturated rings. The van der Waals surface area contributed by atoms with Crippen molar-refractivity contribution < 1.29 is 5.11 Å². The Morgan fingerprint density at radius 3 is 2.88 bits per heavy atom. The van der Waals surface area contributed by atoms with Crippen LogP contribution in [0.3, 0.4) is 0 Å². The number of hydrogen-bond donors (Lipinski definition) is 2. The zero-order valence-electron chi connectivity index (χ0n) is 10.8. The first-order valence-electron chi connectivity index (χ1n) is 6.51. The molecule has 0 aliphatic heterocycles.